The number of aliphatic hydroxyl groups excluding tert-OH is 5. The zero-order valence-corrected chi connectivity index (χ0v) is 12.5. The van der Waals surface area contributed by atoms with Crippen molar-refractivity contribution in [2.24, 2.45) is 5.73 Å². The van der Waals surface area contributed by atoms with E-state index in [9.17, 15) is 20.1 Å². The lowest BCUT2D eigenvalue weighted by Gasteiger charge is -2.40. The van der Waals surface area contributed by atoms with E-state index in [1.165, 1.54) is 6.92 Å². The third-order valence-corrected chi connectivity index (χ3v) is 2.77. The van der Waals surface area contributed by atoms with E-state index >= 15 is 0 Å². The van der Waals surface area contributed by atoms with E-state index in [2.05, 4.69) is 5.32 Å². The average molecular weight is 326 g/mol. The highest BCUT2D eigenvalue weighted by atomic mass is 16.6. The van der Waals surface area contributed by atoms with Crippen LogP contribution in [0.3, 0.4) is 0 Å². The van der Waals surface area contributed by atoms with E-state index in [-0.39, 0.29) is 6.61 Å². The normalized spacial score (nSPS) is 31.1. The molecule has 0 spiro atoms. The fourth-order valence-electron chi connectivity index (χ4n) is 1.74. The third-order valence-electron chi connectivity index (χ3n) is 2.77. The molecule has 1 rings (SSSR count). The lowest BCUT2D eigenvalue weighted by Crippen LogP contribution is -2.63. The Kier molecular flexibility index (Phi) is 11.2. The molecule has 0 radical (unpaired) electrons. The van der Waals surface area contributed by atoms with E-state index in [4.69, 9.17) is 25.4 Å². The van der Waals surface area contributed by atoms with Gasteiger partial charge >= 0.3 is 0 Å². The van der Waals surface area contributed by atoms with Gasteiger partial charge in [-0.1, -0.05) is 0 Å². The van der Waals surface area contributed by atoms with Crippen LogP contribution >= 0.6 is 0 Å². The van der Waals surface area contributed by atoms with Crippen LogP contribution in [0, 0.1) is 0 Å². The minimum absolute atomic E-state index is 0.0833. The second kappa shape index (κ2) is 11.7. The molecule has 1 heterocycles. The van der Waals surface area contributed by atoms with E-state index in [1.54, 1.807) is 0 Å². The number of hydrogen-bond donors (Lipinski definition) is 7. The van der Waals surface area contributed by atoms with Gasteiger partial charge in [-0.05, 0) is 0 Å². The van der Waals surface area contributed by atoms with Crippen molar-refractivity contribution in [2.75, 3.05) is 33.0 Å². The molecule has 1 aliphatic rings. The van der Waals surface area contributed by atoms with Gasteiger partial charge < -0.3 is 46.1 Å². The van der Waals surface area contributed by atoms with Crippen LogP contribution in [0.25, 0.3) is 0 Å². The van der Waals surface area contributed by atoms with E-state index in [0.717, 1.165) is 0 Å². The first-order chi connectivity index (χ1) is 10.4. The molecule has 1 saturated heterocycles. The zero-order chi connectivity index (χ0) is 17.1. The van der Waals surface area contributed by atoms with Crippen LogP contribution in [0.4, 0.5) is 0 Å². The molecule has 0 aromatic heterocycles. The first-order valence-corrected chi connectivity index (χ1v) is 6.85. The number of nitrogens with one attached hydrogen (secondary N) is 1. The Balaban J connectivity index is 0.000000534. The van der Waals surface area contributed by atoms with Crippen molar-refractivity contribution in [3.8, 4) is 0 Å². The fraction of sp³-hybridized carbons (Fsp3) is 0.917. The molecule has 22 heavy (non-hydrogen) atoms. The maximum Gasteiger partial charge on any atom is 0.217 e. The Bertz CT molecular complexity index is 303. The van der Waals surface area contributed by atoms with E-state index in [0.29, 0.717) is 19.8 Å². The lowest BCUT2D eigenvalue weighted by molar-refractivity contribution is -0.253. The summed E-state index contributed by atoms with van der Waals surface area (Å²) >= 11 is 0. The summed E-state index contributed by atoms with van der Waals surface area (Å²) in [7, 11) is 0. The van der Waals surface area contributed by atoms with Gasteiger partial charge in [0.05, 0.1) is 26.4 Å². The van der Waals surface area contributed by atoms with Gasteiger partial charge in [-0.15, -0.1) is 0 Å². The molecule has 0 bridgehead atoms. The molecule has 0 aromatic carbocycles. The van der Waals surface area contributed by atoms with Gasteiger partial charge in [0.2, 0.25) is 5.91 Å². The highest BCUT2D eigenvalue weighted by Crippen LogP contribution is 2.19. The van der Waals surface area contributed by atoms with Crippen molar-refractivity contribution in [3.63, 3.8) is 0 Å². The van der Waals surface area contributed by atoms with Crippen molar-refractivity contribution >= 4 is 5.91 Å². The van der Waals surface area contributed by atoms with Crippen LogP contribution in [-0.2, 0) is 14.3 Å². The van der Waals surface area contributed by atoms with Crippen molar-refractivity contribution in [3.05, 3.63) is 0 Å². The van der Waals surface area contributed by atoms with Crippen molar-refractivity contribution in [1.29, 1.82) is 0 Å². The van der Waals surface area contributed by atoms with Gasteiger partial charge in [-0.25, -0.2) is 0 Å². The van der Waals surface area contributed by atoms with Gasteiger partial charge in [0.1, 0.15) is 24.4 Å². The van der Waals surface area contributed by atoms with Crippen LogP contribution in [0.5, 0.6) is 0 Å². The summed E-state index contributed by atoms with van der Waals surface area (Å²) in [5, 5.41) is 47.5. The maximum absolute atomic E-state index is 10.7. The summed E-state index contributed by atoms with van der Waals surface area (Å²) in [4.78, 5) is 10.7. The first kappa shape index (κ1) is 21.1. The summed E-state index contributed by atoms with van der Waals surface area (Å²) in [6, 6.07) is -1.10. The summed E-state index contributed by atoms with van der Waals surface area (Å²) in [6.07, 6.45) is -5.24. The summed E-state index contributed by atoms with van der Waals surface area (Å²) < 4.78 is 9.57. The minimum atomic E-state index is -1.45. The molecule has 0 aromatic rings. The van der Waals surface area contributed by atoms with Crippen molar-refractivity contribution in [2.45, 2.75) is 37.6 Å². The molecule has 8 N–H and O–H groups in total. The molecule has 1 unspecified atom stereocenters. The molecule has 1 amide bonds. The largest absolute Gasteiger partial charge is 0.394 e. The van der Waals surface area contributed by atoms with E-state index in [1.807, 2.05) is 0 Å². The number of ether oxygens (including phenoxy) is 2. The lowest BCUT2D eigenvalue weighted by atomic mass is 9.97. The number of nitrogens with two attached hydrogens (primary N) is 1. The second-order valence-electron chi connectivity index (χ2n) is 4.58. The Labute approximate surface area is 128 Å². The number of hydrogen-bond acceptors (Lipinski definition) is 9. The molecule has 10 nitrogen and oxygen atoms in total. The monoisotopic (exact) mass is 326 g/mol. The van der Waals surface area contributed by atoms with Crippen LogP contribution < -0.4 is 11.1 Å². The first-order valence-electron chi connectivity index (χ1n) is 6.85. The number of aliphatic hydroxyl groups is 5. The molecule has 132 valence electrons. The average Bonchev–Trinajstić information content (AvgIpc) is 2.48. The Morgan fingerprint density at radius 3 is 2.32 bits per heavy atom. The smallest absolute Gasteiger partial charge is 0.217 e. The van der Waals surface area contributed by atoms with Crippen LogP contribution in [0.1, 0.15) is 6.92 Å². The van der Waals surface area contributed by atoms with Gasteiger partial charge in [-0.2, -0.15) is 0 Å². The standard InChI is InChI=1S/C8H15NO6.C4H11NO2/c1-3(11)9-5-7(13)6(12)4(2-10)15-8(5)14;5-1-3-7-4-2-6/h4-8,10,12-14H,2H2,1H3,(H,9,11);6H,1-5H2/t4-,5-,6-,7-,8?;/m1./s1. The summed E-state index contributed by atoms with van der Waals surface area (Å²) in [6.45, 7) is 2.24. The van der Waals surface area contributed by atoms with Gasteiger partial charge in [0, 0.05) is 13.5 Å². The minimum Gasteiger partial charge on any atom is -0.394 e. The summed E-state index contributed by atoms with van der Waals surface area (Å²) in [5.74, 6) is -0.462. The zero-order valence-electron chi connectivity index (χ0n) is 12.5. The Hall–Kier alpha value is -0.850. The molecule has 5 atom stereocenters. The number of rotatable bonds is 6. The van der Waals surface area contributed by atoms with Gasteiger partial charge in [0.15, 0.2) is 6.29 Å². The SMILES string of the molecule is CC(=O)N[C@H]1C(O)O[C@H](CO)[C@@H](O)[C@@H]1O.NCCOCCO. The van der Waals surface area contributed by atoms with Gasteiger partial charge in [0.25, 0.3) is 0 Å². The fourth-order valence-corrected chi connectivity index (χ4v) is 1.74. The molecular formula is C12H26N2O8. The van der Waals surface area contributed by atoms with Crippen LogP contribution in [-0.4, -0.2) is 95.1 Å². The topological polar surface area (TPSA) is 175 Å². The van der Waals surface area contributed by atoms with E-state index < -0.39 is 43.2 Å². The van der Waals surface area contributed by atoms with Crippen LogP contribution in [0.2, 0.25) is 0 Å². The van der Waals surface area contributed by atoms with Gasteiger partial charge in [-0.3, -0.25) is 4.79 Å². The number of carbonyl (C=O) groups excluding carboxylic acids is 1. The molecule has 1 fully saturated rings. The number of carbonyl (C=O) groups is 1. The molecule has 10 heteroatoms. The molecule has 1 aliphatic heterocycles. The highest BCUT2D eigenvalue weighted by molar-refractivity contribution is 5.73. The van der Waals surface area contributed by atoms with Crippen LogP contribution in [0.15, 0.2) is 0 Å². The third kappa shape index (κ3) is 7.42. The molecular weight excluding hydrogens is 300 g/mol. The maximum atomic E-state index is 10.7. The predicted octanol–water partition coefficient (Wildman–Crippen LogP) is -4.12. The quantitative estimate of drug-likeness (QED) is 0.239. The predicted molar refractivity (Wildman–Crippen MR) is 74.5 cm³/mol. The van der Waals surface area contributed by atoms with Crippen molar-refractivity contribution in [1.82, 2.24) is 5.32 Å². The summed E-state index contributed by atoms with van der Waals surface area (Å²) in [5.41, 5.74) is 5.06. The highest BCUT2D eigenvalue weighted by Gasteiger charge is 2.43. The second-order valence-corrected chi connectivity index (χ2v) is 4.58. The number of amides is 1. The molecule has 0 saturated carbocycles. The Morgan fingerprint density at radius 2 is 1.86 bits per heavy atom. The van der Waals surface area contributed by atoms with Crippen molar-refractivity contribution < 1.29 is 39.8 Å². The Morgan fingerprint density at radius 1 is 1.23 bits per heavy atom. The molecule has 0 aliphatic carbocycles.